The maximum atomic E-state index is 6.25. The molecule has 12 heavy (non-hydrogen) atoms. The smallest absolute Gasteiger partial charge is 0.0194 e. The molecule has 0 aromatic carbocycles. The lowest BCUT2D eigenvalue weighted by Gasteiger charge is -2.55. The Bertz CT molecular complexity index is 162. The normalized spacial score (nSPS) is 47.5. The van der Waals surface area contributed by atoms with Gasteiger partial charge in [-0.3, -0.25) is 0 Å². The SMILES string of the molecule is CC1(N)CCCC(C)(N)C1(C)C. The van der Waals surface area contributed by atoms with Crippen LogP contribution in [0.2, 0.25) is 0 Å². The maximum Gasteiger partial charge on any atom is 0.0194 e. The van der Waals surface area contributed by atoms with Crippen molar-refractivity contribution in [2.45, 2.75) is 58.0 Å². The van der Waals surface area contributed by atoms with E-state index in [9.17, 15) is 0 Å². The third-order valence-corrected chi connectivity index (χ3v) is 4.25. The van der Waals surface area contributed by atoms with E-state index in [1.54, 1.807) is 0 Å². The van der Waals surface area contributed by atoms with E-state index >= 15 is 0 Å². The Morgan fingerprint density at radius 1 is 0.833 bits per heavy atom. The van der Waals surface area contributed by atoms with Crippen LogP contribution in [0.15, 0.2) is 0 Å². The van der Waals surface area contributed by atoms with Gasteiger partial charge in [0, 0.05) is 16.5 Å². The minimum Gasteiger partial charge on any atom is -0.325 e. The van der Waals surface area contributed by atoms with Crippen LogP contribution >= 0.6 is 0 Å². The third kappa shape index (κ3) is 1.17. The van der Waals surface area contributed by atoms with Gasteiger partial charge < -0.3 is 11.5 Å². The number of hydrogen-bond acceptors (Lipinski definition) is 2. The molecule has 0 spiro atoms. The maximum absolute atomic E-state index is 6.25. The Morgan fingerprint density at radius 2 is 1.17 bits per heavy atom. The molecule has 1 aliphatic carbocycles. The molecule has 2 atom stereocenters. The van der Waals surface area contributed by atoms with Crippen LogP contribution in [0.3, 0.4) is 0 Å². The van der Waals surface area contributed by atoms with Crippen LogP contribution in [0.5, 0.6) is 0 Å². The van der Waals surface area contributed by atoms with E-state index in [0.717, 1.165) is 19.3 Å². The highest BCUT2D eigenvalue weighted by Crippen LogP contribution is 2.47. The molecule has 1 rings (SSSR count). The first-order valence-electron chi connectivity index (χ1n) is 4.78. The van der Waals surface area contributed by atoms with E-state index in [4.69, 9.17) is 11.5 Å². The zero-order chi connectivity index (χ0) is 9.62. The summed E-state index contributed by atoms with van der Waals surface area (Å²) in [6.07, 6.45) is 3.34. The topological polar surface area (TPSA) is 52.0 Å². The lowest BCUT2D eigenvalue weighted by Crippen LogP contribution is -2.67. The molecule has 0 heterocycles. The van der Waals surface area contributed by atoms with Crippen LogP contribution in [0, 0.1) is 5.41 Å². The van der Waals surface area contributed by atoms with Gasteiger partial charge in [0.2, 0.25) is 0 Å². The Labute approximate surface area is 75.7 Å². The van der Waals surface area contributed by atoms with Crippen molar-refractivity contribution in [1.82, 2.24) is 0 Å². The fraction of sp³-hybridized carbons (Fsp3) is 1.00. The van der Waals surface area contributed by atoms with Crippen molar-refractivity contribution in [1.29, 1.82) is 0 Å². The van der Waals surface area contributed by atoms with E-state index in [2.05, 4.69) is 27.7 Å². The lowest BCUT2D eigenvalue weighted by atomic mass is 9.56. The van der Waals surface area contributed by atoms with Crippen molar-refractivity contribution in [3.8, 4) is 0 Å². The van der Waals surface area contributed by atoms with Gasteiger partial charge in [0.05, 0.1) is 0 Å². The first kappa shape index (κ1) is 10.0. The summed E-state index contributed by atoms with van der Waals surface area (Å²) in [5.74, 6) is 0. The number of rotatable bonds is 0. The second-order valence-corrected chi connectivity index (χ2v) is 5.31. The largest absolute Gasteiger partial charge is 0.325 e. The fourth-order valence-corrected chi connectivity index (χ4v) is 2.10. The van der Waals surface area contributed by atoms with Crippen LogP contribution in [0.25, 0.3) is 0 Å². The predicted molar refractivity (Wildman–Crippen MR) is 52.8 cm³/mol. The standard InChI is InChI=1S/C10H22N2/c1-8(2)9(3,11)6-5-7-10(8,4)12/h5-7,11-12H2,1-4H3. The third-order valence-electron chi connectivity index (χ3n) is 4.25. The monoisotopic (exact) mass is 170 g/mol. The van der Waals surface area contributed by atoms with Crippen molar-refractivity contribution in [2.24, 2.45) is 16.9 Å². The van der Waals surface area contributed by atoms with Crippen LogP contribution in [-0.2, 0) is 0 Å². The van der Waals surface area contributed by atoms with Crippen LogP contribution in [0.4, 0.5) is 0 Å². The molecule has 0 radical (unpaired) electrons. The van der Waals surface area contributed by atoms with Crippen molar-refractivity contribution < 1.29 is 0 Å². The Morgan fingerprint density at radius 3 is 1.42 bits per heavy atom. The van der Waals surface area contributed by atoms with Crippen molar-refractivity contribution in [2.75, 3.05) is 0 Å². The molecular formula is C10H22N2. The first-order chi connectivity index (χ1) is 5.21. The molecule has 0 aromatic rings. The molecule has 1 aliphatic rings. The molecule has 4 N–H and O–H groups in total. The van der Waals surface area contributed by atoms with Gasteiger partial charge in [-0.1, -0.05) is 13.8 Å². The van der Waals surface area contributed by atoms with Crippen LogP contribution < -0.4 is 11.5 Å². The molecule has 1 fully saturated rings. The molecule has 2 unspecified atom stereocenters. The summed E-state index contributed by atoms with van der Waals surface area (Å²) in [4.78, 5) is 0. The molecule has 0 saturated heterocycles. The molecular weight excluding hydrogens is 148 g/mol. The highest BCUT2D eigenvalue weighted by atomic mass is 14.9. The summed E-state index contributed by atoms with van der Waals surface area (Å²) in [5, 5.41) is 0. The Hall–Kier alpha value is -0.0800. The molecule has 0 amide bonds. The Balaban J connectivity index is 2.99. The zero-order valence-corrected chi connectivity index (χ0v) is 8.78. The summed E-state index contributed by atoms with van der Waals surface area (Å²) in [6, 6.07) is 0. The van der Waals surface area contributed by atoms with Gasteiger partial charge in [-0.05, 0) is 33.1 Å². The molecule has 2 nitrogen and oxygen atoms in total. The van der Waals surface area contributed by atoms with E-state index in [1.807, 2.05) is 0 Å². The van der Waals surface area contributed by atoms with Crippen LogP contribution in [-0.4, -0.2) is 11.1 Å². The van der Waals surface area contributed by atoms with Gasteiger partial charge >= 0.3 is 0 Å². The minimum absolute atomic E-state index is 0.0260. The second-order valence-electron chi connectivity index (χ2n) is 5.31. The number of hydrogen-bond donors (Lipinski definition) is 2. The van der Waals surface area contributed by atoms with Crippen LogP contribution in [0.1, 0.15) is 47.0 Å². The van der Waals surface area contributed by atoms with Gasteiger partial charge in [0.25, 0.3) is 0 Å². The van der Waals surface area contributed by atoms with E-state index < -0.39 is 0 Å². The lowest BCUT2D eigenvalue weighted by molar-refractivity contribution is 0.0293. The van der Waals surface area contributed by atoms with Gasteiger partial charge in [-0.2, -0.15) is 0 Å². The summed E-state index contributed by atoms with van der Waals surface area (Å²) in [5.41, 5.74) is 12.3. The molecule has 1 saturated carbocycles. The average molecular weight is 170 g/mol. The summed E-state index contributed by atoms with van der Waals surface area (Å²) >= 11 is 0. The highest BCUT2D eigenvalue weighted by Gasteiger charge is 2.51. The number of nitrogens with two attached hydrogens (primary N) is 2. The van der Waals surface area contributed by atoms with Gasteiger partial charge in [0.1, 0.15) is 0 Å². The summed E-state index contributed by atoms with van der Waals surface area (Å²) in [6.45, 7) is 8.62. The summed E-state index contributed by atoms with van der Waals surface area (Å²) in [7, 11) is 0. The van der Waals surface area contributed by atoms with Crippen molar-refractivity contribution in [3.05, 3.63) is 0 Å². The molecule has 72 valence electrons. The Kier molecular flexibility index (Phi) is 2.05. The zero-order valence-electron chi connectivity index (χ0n) is 8.78. The highest BCUT2D eigenvalue weighted by molar-refractivity contribution is 5.09. The second kappa shape index (κ2) is 2.46. The molecule has 2 heteroatoms. The van der Waals surface area contributed by atoms with Gasteiger partial charge in [-0.15, -0.1) is 0 Å². The molecule has 0 aliphatic heterocycles. The van der Waals surface area contributed by atoms with E-state index in [1.165, 1.54) is 0 Å². The average Bonchev–Trinajstić information content (AvgIpc) is 1.83. The summed E-state index contributed by atoms with van der Waals surface area (Å²) < 4.78 is 0. The van der Waals surface area contributed by atoms with Crippen molar-refractivity contribution >= 4 is 0 Å². The molecule has 0 bridgehead atoms. The van der Waals surface area contributed by atoms with Gasteiger partial charge in [0.15, 0.2) is 0 Å². The quantitative estimate of drug-likeness (QED) is 0.580. The van der Waals surface area contributed by atoms with E-state index in [-0.39, 0.29) is 16.5 Å². The minimum atomic E-state index is -0.116. The first-order valence-corrected chi connectivity index (χ1v) is 4.78. The van der Waals surface area contributed by atoms with Gasteiger partial charge in [-0.25, -0.2) is 0 Å². The van der Waals surface area contributed by atoms with Crippen molar-refractivity contribution in [3.63, 3.8) is 0 Å². The predicted octanol–water partition coefficient (Wildman–Crippen LogP) is 1.63. The molecule has 0 aromatic heterocycles. The van der Waals surface area contributed by atoms with E-state index in [0.29, 0.717) is 0 Å². The fourth-order valence-electron chi connectivity index (χ4n) is 2.10.